The van der Waals surface area contributed by atoms with Crippen LogP contribution in [-0.4, -0.2) is 60.8 Å². The summed E-state index contributed by atoms with van der Waals surface area (Å²) in [4.78, 5) is 39.8. The first-order valence-corrected chi connectivity index (χ1v) is 14.7. The minimum Gasteiger partial charge on any atom is -0.481 e. The molecule has 3 N–H and O–H groups in total. The number of alkyl carbamates (subject to hydrolysis) is 1. The fourth-order valence-electron chi connectivity index (χ4n) is 6.23. The molecule has 5 rings (SSSR count). The molecule has 2 amide bonds. The van der Waals surface area contributed by atoms with Crippen molar-refractivity contribution in [3.05, 3.63) is 95.6 Å². The van der Waals surface area contributed by atoms with Crippen LogP contribution < -0.4 is 10.6 Å². The Balaban J connectivity index is 1.21. The third-order valence-corrected chi connectivity index (χ3v) is 8.50. The second kappa shape index (κ2) is 13.7. The van der Waals surface area contributed by atoms with Crippen LogP contribution in [0.3, 0.4) is 0 Å². The van der Waals surface area contributed by atoms with Crippen molar-refractivity contribution in [3.8, 4) is 11.1 Å². The highest BCUT2D eigenvalue weighted by Gasteiger charge is 2.31. The lowest BCUT2D eigenvalue weighted by Gasteiger charge is -2.28. The Labute approximate surface area is 247 Å². The van der Waals surface area contributed by atoms with E-state index in [0.29, 0.717) is 32.5 Å². The maximum atomic E-state index is 13.4. The van der Waals surface area contributed by atoms with E-state index in [1.807, 2.05) is 66.5 Å². The van der Waals surface area contributed by atoms with Gasteiger partial charge in [-0.25, -0.2) is 4.79 Å². The van der Waals surface area contributed by atoms with Crippen molar-refractivity contribution >= 4 is 18.0 Å². The molecule has 1 atom stereocenters. The normalized spacial score (nSPS) is 18.5. The van der Waals surface area contributed by atoms with Crippen molar-refractivity contribution < 1.29 is 24.2 Å². The largest absolute Gasteiger partial charge is 0.481 e. The number of carboxylic acid groups (broad SMARTS) is 1. The summed E-state index contributed by atoms with van der Waals surface area (Å²) in [5.74, 6) is -1.17. The van der Waals surface area contributed by atoms with E-state index < -0.39 is 18.1 Å². The van der Waals surface area contributed by atoms with Crippen LogP contribution in [0.5, 0.6) is 0 Å². The SMILES string of the molecule is CN(Cc1ccccc1)CC(NC(=O)OCC1c2ccccc2-c2ccccc21)C(=O)NCC1CCC(C(=O)O)CC1. The van der Waals surface area contributed by atoms with Crippen molar-refractivity contribution in [2.45, 2.75) is 44.2 Å². The van der Waals surface area contributed by atoms with Crippen LogP contribution in [0.2, 0.25) is 0 Å². The van der Waals surface area contributed by atoms with Crippen LogP contribution in [0.15, 0.2) is 78.9 Å². The maximum absolute atomic E-state index is 13.4. The lowest BCUT2D eigenvalue weighted by molar-refractivity contribution is -0.143. The van der Waals surface area contributed by atoms with Gasteiger partial charge in [-0.15, -0.1) is 0 Å². The van der Waals surface area contributed by atoms with E-state index in [1.54, 1.807) is 0 Å². The van der Waals surface area contributed by atoms with Crippen molar-refractivity contribution in [3.63, 3.8) is 0 Å². The summed E-state index contributed by atoms with van der Waals surface area (Å²) in [6.07, 6.45) is 2.13. The highest BCUT2D eigenvalue weighted by atomic mass is 16.5. The van der Waals surface area contributed by atoms with Crippen LogP contribution in [-0.2, 0) is 20.9 Å². The molecule has 0 bridgehead atoms. The van der Waals surface area contributed by atoms with E-state index in [-0.39, 0.29) is 30.3 Å². The van der Waals surface area contributed by atoms with Gasteiger partial charge in [0, 0.05) is 25.6 Å². The summed E-state index contributed by atoms with van der Waals surface area (Å²) in [6.45, 7) is 1.55. The molecule has 3 aromatic rings. The van der Waals surface area contributed by atoms with Crippen molar-refractivity contribution in [2.75, 3.05) is 26.7 Å². The molecule has 0 radical (unpaired) electrons. The van der Waals surface area contributed by atoms with Gasteiger partial charge in [-0.2, -0.15) is 0 Å². The van der Waals surface area contributed by atoms with E-state index in [0.717, 1.165) is 40.7 Å². The van der Waals surface area contributed by atoms with Gasteiger partial charge in [-0.1, -0.05) is 78.9 Å². The molecule has 2 aliphatic rings. The van der Waals surface area contributed by atoms with Crippen LogP contribution in [0.1, 0.15) is 48.3 Å². The van der Waals surface area contributed by atoms with E-state index in [4.69, 9.17) is 4.74 Å². The standard InChI is InChI=1S/C34H39N3O5/c1-37(20-24-9-3-2-4-10-24)21-31(32(38)35-19-23-15-17-25(18-16-23)33(39)40)36-34(41)42-22-30-28-13-7-5-11-26(28)27-12-6-8-14-29(27)30/h2-14,23,25,30-31H,15-22H2,1H3,(H,35,38)(H,36,41)(H,39,40). The number of carbonyl (C=O) groups is 3. The van der Waals surface area contributed by atoms with Crippen LogP contribution in [0.25, 0.3) is 11.1 Å². The Hall–Kier alpha value is -4.17. The molecule has 0 spiro atoms. The average molecular weight is 570 g/mol. The first kappa shape index (κ1) is 29.3. The van der Waals surface area contributed by atoms with Gasteiger partial charge in [-0.3, -0.25) is 14.5 Å². The fraction of sp³-hybridized carbons (Fsp3) is 0.382. The molecular weight excluding hydrogens is 530 g/mol. The molecule has 8 nitrogen and oxygen atoms in total. The van der Waals surface area contributed by atoms with Crippen molar-refractivity contribution in [1.82, 2.24) is 15.5 Å². The van der Waals surface area contributed by atoms with E-state index in [2.05, 4.69) is 34.9 Å². The first-order chi connectivity index (χ1) is 20.4. The lowest BCUT2D eigenvalue weighted by Crippen LogP contribution is -2.53. The van der Waals surface area contributed by atoms with Crippen molar-refractivity contribution in [1.29, 1.82) is 0 Å². The van der Waals surface area contributed by atoms with Crippen LogP contribution in [0, 0.1) is 11.8 Å². The van der Waals surface area contributed by atoms with E-state index >= 15 is 0 Å². The number of nitrogens with one attached hydrogen (secondary N) is 2. The zero-order valence-electron chi connectivity index (χ0n) is 24.0. The first-order valence-electron chi connectivity index (χ1n) is 14.7. The quantitative estimate of drug-likeness (QED) is 0.299. The molecule has 0 saturated heterocycles. The predicted octanol–water partition coefficient (Wildman–Crippen LogP) is 5.03. The molecule has 8 heteroatoms. The molecule has 3 aromatic carbocycles. The summed E-state index contributed by atoms with van der Waals surface area (Å²) >= 11 is 0. The minimum atomic E-state index is -0.815. The van der Waals surface area contributed by atoms with Gasteiger partial charge in [0.2, 0.25) is 5.91 Å². The number of ether oxygens (including phenoxy) is 1. The number of aliphatic carboxylic acids is 1. The molecular formula is C34H39N3O5. The third kappa shape index (κ3) is 7.18. The Morgan fingerprint density at radius 2 is 1.48 bits per heavy atom. The number of rotatable bonds is 11. The summed E-state index contributed by atoms with van der Waals surface area (Å²) in [5, 5.41) is 15.1. The fourth-order valence-corrected chi connectivity index (χ4v) is 6.23. The number of hydrogen-bond donors (Lipinski definition) is 3. The van der Waals surface area contributed by atoms with Gasteiger partial charge in [0.1, 0.15) is 12.6 Å². The van der Waals surface area contributed by atoms with Crippen molar-refractivity contribution in [2.24, 2.45) is 11.8 Å². The highest BCUT2D eigenvalue weighted by Crippen LogP contribution is 2.44. The van der Waals surface area contributed by atoms with Crippen LogP contribution in [0.4, 0.5) is 4.79 Å². The molecule has 0 aliphatic heterocycles. The summed E-state index contributed by atoms with van der Waals surface area (Å²) in [6, 6.07) is 25.5. The number of carbonyl (C=O) groups excluding carboxylic acids is 2. The second-order valence-electron chi connectivity index (χ2n) is 11.5. The topological polar surface area (TPSA) is 108 Å². The molecule has 0 heterocycles. The summed E-state index contributed by atoms with van der Waals surface area (Å²) in [7, 11) is 1.92. The van der Waals surface area contributed by atoms with Gasteiger partial charge in [0.15, 0.2) is 0 Å². The summed E-state index contributed by atoms with van der Waals surface area (Å²) < 4.78 is 5.74. The molecule has 0 aromatic heterocycles. The zero-order chi connectivity index (χ0) is 29.5. The Morgan fingerprint density at radius 3 is 2.10 bits per heavy atom. The third-order valence-electron chi connectivity index (χ3n) is 8.50. The highest BCUT2D eigenvalue weighted by molar-refractivity contribution is 5.86. The maximum Gasteiger partial charge on any atom is 0.407 e. The smallest absolute Gasteiger partial charge is 0.407 e. The van der Waals surface area contributed by atoms with Crippen LogP contribution >= 0.6 is 0 Å². The van der Waals surface area contributed by atoms with Gasteiger partial charge >= 0.3 is 12.1 Å². The molecule has 1 unspecified atom stereocenters. The number of carboxylic acids is 1. The van der Waals surface area contributed by atoms with Gasteiger partial charge in [0.05, 0.1) is 5.92 Å². The number of likely N-dealkylation sites (N-methyl/N-ethyl adjacent to an activating group) is 1. The second-order valence-corrected chi connectivity index (χ2v) is 11.5. The number of benzene rings is 3. The Bertz CT molecular complexity index is 1340. The van der Waals surface area contributed by atoms with E-state index in [9.17, 15) is 19.5 Å². The Morgan fingerprint density at radius 1 is 0.881 bits per heavy atom. The summed E-state index contributed by atoms with van der Waals surface area (Å²) in [5.41, 5.74) is 5.66. The van der Waals surface area contributed by atoms with Gasteiger partial charge in [-0.05, 0) is 66.5 Å². The molecule has 42 heavy (non-hydrogen) atoms. The lowest BCUT2D eigenvalue weighted by atomic mass is 9.82. The van der Waals surface area contributed by atoms with Gasteiger partial charge < -0.3 is 20.5 Å². The molecule has 2 aliphatic carbocycles. The predicted molar refractivity (Wildman–Crippen MR) is 161 cm³/mol. The minimum absolute atomic E-state index is 0.0721. The Kier molecular flexibility index (Phi) is 9.54. The number of nitrogens with zero attached hydrogens (tertiary/aromatic N) is 1. The van der Waals surface area contributed by atoms with Gasteiger partial charge in [0.25, 0.3) is 0 Å². The zero-order valence-corrected chi connectivity index (χ0v) is 24.0. The average Bonchev–Trinajstić information content (AvgIpc) is 3.32. The van der Waals surface area contributed by atoms with E-state index in [1.165, 1.54) is 0 Å². The number of hydrogen-bond acceptors (Lipinski definition) is 5. The number of amides is 2. The molecule has 220 valence electrons. The monoisotopic (exact) mass is 569 g/mol. The molecule has 1 saturated carbocycles. The molecule has 1 fully saturated rings. The number of fused-ring (bicyclic) bond motifs is 3.